The molecule has 1 unspecified atom stereocenters. The molecule has 1 rings (SSSR count). The van der Waals surface area contributed by atoms with Crippen molar-refractivity contribution in [1.29, 1.82) is 0 Å². The SMILES string of the molecule is [2H]C1CCCCOC1=O. The van der Waals surface area contributed by atoms with Crippen molar-refractivity contribution in [2.45, 2.75) is 25.7 Å². The Morgan fingerprint density at radius 3 is 3.25 bits per heavy atom. The lowest BCUT2D eigenvalue weighted by Crippen LogP contribution is -2.00. The van der Waals surface area contributed by atoms with Crippen LogP contribution in [0.25, 0.3) is 0 Å². The van der Waals surface area contributed by atoms with E-state index in [4.69, 9.17) is 1.37 Å². The van der Waals surface area contributed by atoms with Crippen molar-refractivity contribution in [3.8, 4) is 0 Å². The average molecular weight is 115 g/mol. The number of carbonyl (C=O) groups excluding carboxylic acids is 1. The summed E-state index contributed by atoms with van der Waals surface area (Å²) in [5.41, 5.74) is 0. The molecule has 0 N–H and O–H groups in total. The largest absolute Gasteiger partial charge is 0.466 e. The fourth-order valence-corrected chi connectivity index (χ4v) is 0.698. The first-order chi connectivity index (χ1) is 4.30. The number of esters is 1. The van der Waals surface area contributed by atoms with E-state index < -0.39 is 6.40 Å². The van der Waals surface area contributed by atoms with E-state index in [1.54, 1.807) is 0 Å². The molecule has 0 radical (unpaired) electrons. The van der Waals surface area contributed by atoms with Crippen LogP contribution in [-0.2, 0) is 9.53 Å². The maximum absolute atomic E-state index is 10.6. The first kappa shape index (κ1) is 4.36. The van der Waals surface area contributed by atoms with Crippen LogP contribution < -0.4 is 0 Å². The summed E-state index contributed by atoms with van der Waals surface area (Å²) in [5, 5.41) is 0. The molecule has 1 aliphatic heterocycles. The van der Waals surface area contributed by atoms with E-state index in [0.29, 0.717) is 13.0 Å². The third-order valence-corrected chi connectivity index (χ3v) is 1.15. The lowest BCUT2D eigenvalue weighted by atomic mass is 10.2. The summed E-state index contributed by atoms with van der Waals surface area (Å²) in [7, 11) is 0. The number of ether oxygens (including phenoxy) is 1. The predicted octanol–water partition coefficient (Wildman–Crippen LogP) is 1.10. The highest BCUT2D eigenvalue weighted by Crippen LogP contribution is 2.06. The third kappa shape index (κ3) is 1.52. The summed E-state index contributed by atoms with van der Waals surface area (Å²) in [5.74, 6) is -0.354. The molecule has 0 aliphatic carbocycles. The Morgan fingerprint density at radius 1 is 1.50 bits per heavy atom. The van der Waals surface area contributed by atoms with Gasteiger partial charge in [-0.1, -0.05) is 0 Å². The smallest absolute Gasteiger partial charge is 0.305 e. The Kier molecular flexibility index (Phi) is 1.47. The lowest BCUT2D eigenvalue weighted by Gasteiger charge is -1.93. The number of cyclic esters (lactones) is 1. The highest BCUT2D eigenvalue weighted by Gasteiger charge is 2.05. The van der Waals surface area contributed by atoms with Crippen LogP contribution in [0.3, 0.4) is 0 Å². The number of hydrogen-bond acceptors (Lipinski definition) is 2. The van der Waals surface area contributed by atoms with Crippen LogP contribution in [0.5, 0.6) is 0 Å². The molecule has 2 heteroatoms. The van der Waals surface area contributed by atoms with Gasteiger partial charge in [0.25, 0.3) is 0 Å². The van der Waals surface area contributed by atoms with E-state index >= 15 is 0 Å². The minimum absolute atomic E-state index is 0.354. The van der Waals surface area contributed by atoms with E-state index in [-0.39, 0.29) is 5.97 Å². The Balaban J connectivity index is 2.41. The standard InChI is InChI=1S/C6H10O2/c7-6-4-2-1-3-5-8-6/h1-5H2/i4D. The second kappa shape index (κ2) is 2.70. The van der Waals surface area contributed by atoms with Gasteiger partial charge in [0, 0.05) is 7.77 Å². The number of rotatable bonds is 0. The minimum Gasteiger partial charge on any atom is -0.466 e. The fraction of sp³-hybridized carbons (Fsp3) is 0.833. The van der Waals surface area contributed by atoms with Gasteiger partial charge < -0.3 is 4.74 Å². The predicted molar refractivity (Wildman–Crippen MR) is 29.4 cm³/mol. The van der Waals surface area contributed by atoms with Gasteiger partial charge in [-0.3, -0.25) is 4.79 Å². The summed E-state index contributed by atoms with van der Waals surface area (Å²) in [6.45, 7) is 0.508. The second-order valence-electron chi connectivity index (χ2n) is 1.87. The molecule has 0 saturated carbocycles. The van der Waals surface area contributed by atoms with E-state index in [9.17, 15) is 4.79 Å². The van der Waals surface area contributed by atoms with Crippen molar-refractivity contribution in [2.75, 3.05) is 6.61 Å². The van der Waals surface area contributed by atoms with Crippen molar-refractivity contribution in [3.05, 3.63) is 0 Å². The normalized spacial score (nSPS) is 32.8. The molecule has 1 saturated heterocycles. The van der Waals surface area contributed by atoms with E-state index in [2.05, 4.69) is 4.74 Å². The molecule has 0 amide bonds. The molecule has 0 aromatic heterocycles. The van der Waals surface area contributed by atoms with Crippen molar-refractivity contribution in [3.63, 3.8) is 0 Å². The summed E-state index contributed by atoms with van der Waals surface area (Å²) in [4.78, 5) is 10.6. The van der Waals surface area contributed by atoms with Crippen molar-refractivity contribution < 1.29 is 10.9 Å². The molecule has 1 heterocycles. The second-order valence-corrected chi connectivity index (χ2v) is 1.87. The summed E-state index contributed by atoms with van der Waals surface area (Å²) in [6, 6.07) is 0. The maximum Gasteiger partial charge on any atom is 0.305 e. The zero-order valence-electron chi connectivity index (χ0n) is 5.72. The Bertz CT molecular complexity index is 114. The summed E-state index contributed by atoms with van der Waals surface area (Å²) < 4.78 is 11.8. The first-order valence-electron chi connectivity index (χ1n) is 3.47. The third-order valence-electron chi connectivity index (χ3n) is 1.15. The van der Waals surface area contributed by atoms with Gasteiger partial charge >= 0.3 is 5.97 Å². The van der Waals surface area contributed by atoms with Crippen LogP contribution in [-0.4, -0.2) is 12.6 Å². The molecule has 8 heavy (non-hydrogen) atoms. The van der Waals surface area contributed by atoms with Gasteiger partial charge in [-0.25, -0.2) is 0 Å². The van der Waals surface area contributed by atoms with Crippen LogP contribution in [0.2, 0.25) is 0 Å². The molecule has 1 atom stereocenters. The minimum atomic E-state index is -0.618. The van der Waals surface area contributed by atoms with Gasteiger partial charge in [0.15, 0.2) is 0 Å². The first-order valence-corrected chi connectivity index (χ1v) is 2.89. The Labute approximate surface area is 50.2 Å². The van der Waals surface area contributed by atoms with Crippen LogP contribution in [0.4, 0.5) is 0 Å². The molecule has 46 valence electrons. The van der Waals surface area contributed by atoms with Gasteiger partial charge in [-0.05, 0) is 19.3 Å². The topological polar surface area (TPSA) is 26.3 Å². The highest BCUT2D eigenvalue weighted by molar-refractivity contribution is 5.69. The monoisotopic (exact) mass is 115 g/mol. The number of hydrogen-bond donors (Lipinski definition) is 0. The molecule has 0 spiro atoms. The van der Waals surface area contributed by atoms with E-state index in [0.717, 1.165) is 12.8 Å². The number of carbonyl (C=O) groups is 1. The fourth-order valence-electron chi connectivity index (χ4n) is 0.698. The Morgan fingerprint density at radius 2 is 2.38 bits per heavy atom. The van der Waals surface area contributed by atoms with Gasteiger partial charge in [0.2, 0.25) is 0 Å². The summed E-state index contributed by atoms with van der Waals surface area (Å²) >= 11 is 0. The van der Waals surface area contributed by atoms with Gasteiger partial charge in [-0.15, -0.1) is 0 Å². The van der Waals surface area contributed by atoms with Gasteiger partial charge in [0.1, 0.15) is 0 Å². The molecular formula is C6H10O2. The van der Waals surface area contributed by atoms with Crippen LogP contribution >= 0.6 is 0 Å². The van der Waals surface area contributed by atoms with E-state index in [1.165, 1.54) is 0 Å². The van der Waals surface area contributed by atoms with Crippen LogP contribution in [0, 0.1) is 0 Å². The molecular weight excluding hydrogens is 104 g/mol. The van der Waals surface area contributed by atoms with Gasteiger partial charge in [0.05, 0.1) is 6.61 Å². The Hall–Kier alpha value is -0.530. The zero-order chi connectivity index (χ0) is 6.69. The maximum atomic E-state index is 10.6. The molecule has 1 aliphatic rings. The van der Waals surface area contributed by atoms with Crippen molar-refractivity contribution >= 4 is 5.97 Å². The van der Waals surface area contributed by atoms with Crippen molar-refractivity contribution in [1.82, 2.24) is 0 Å². The van der Waals surface area contributed by atoms with Crippen LogP contribution in [0.1, 0.15) is 27.0 Å². The van der Waals surface area contributed by atoms with Crippen LogP contribution in [0.15, 0.2) is 0 Å². The average Bonchev–Trinajstić information content (AvgIpc) is 1.99. The molecule has 0 aromatic rings. The molecule has 2 nitrogen and oxygen atoms in total. The summed E-state index contributed by atoms with van der Waals surface area (Å²) in [6.07, 6.45) is 1.91. The molecule has 0 bridgehead atoms. The lowest BCUT2D eigenvalue weighted by molar-refractivity contribution is -0.142. The zero-order valence-corrected chi connectivity index (χ0v) is 4.72. The molecule has 0 aromatic carbocycles. The van der Waals surface area contributed by atoms with E-state index in [1.807, 2.05) is 0 Å². The van der Waals surface area contributed by atoms with Crippen molar-refractivity contribution in [2.24, 2.45) is 0 Å². The highest BCUT2D eigenvalue weighted by atomic mass is 16.5. The van der Waals surface area contributed by atoms with Gasteiger partial charge in [-0.2, -0.15) is 0 Å². The quantitative estimate of drug-likeness (QED) is 0.442. The molecule has 1 fully saturated rings.